The number of aliphatic carboxylic acids is 2. The first-order chi connectivity index (χ1) is 15.3. The van der Waals surface area contributed by atoms with Gasteiger partial charge in [0.2, 0.25) is 0 Å². The molecule has 0 aliphatic rings. The Morgan fingerprint density at radius 2 is 1.09 bits per heavy atom. The van der Waals surface area contributed by atoms with Crippen molar-refractivity contribution in [3.8, 4) is 0 Å². The summed E-state index contributed by atoms with van der Waals surface area (Å²) < 4.78 is 13.4. The molecule has 2 aromatic rings. The summed E-state index contributed by atoms with van der Waals surface area (Å²) in [6.45, 7) is -0.247. The van der Waals surface area contributed by atoms with Crippen molar-refractivity contribution in [2.75, 3.05) is 6.61 Å². The van der Waals surface area contributed by atoms with Gasteiger partial charge in [-0.2, -0.15) is 0 Å². The number of carboxylic acid groups (broad SMARTS) is 2. The smallest absolute Gasteiger partial charge is 0.365 e. The van der Waals surface area contributed by atoms with E-state index < -0.39 is 43.2 Å². The molecule has 0 spiro atoms. The van der Waals surface area contributed by atoms with Gasteiger partial charge in [0, 0.05) is 0 Å². The number of benzene rings is 2. The number of rotatable bonds is 11. The summed E-state index contributed by atoms with van der Waals surface area (Å²) in [5, 5.41) is 16.6. The van der Waals surface area contributed by atoms with Crippen LogP contribution in [-0.4, -0.2) is 47.2 Å². The summed E-state index contributed by atoms with van der Waals surface area (Å²) in [7, 11) is 0. The Kier molecular flexibility index (Phi) is 12.4. The van der Waals surface area contributed by atoms with Crippen LogP contribution >= 0.6 is 0 Å². The van der Waals surface area contributed by atoms with E-state index in [0.29, 0.717) is 0 Å². The predicted octanol–water partition coefficient (Wildman–Crippen LogP) is 2.81. The molecule has 2 N–H and O–H groups in total. The Bertz CT molecular complexity index is 781. The van der Waals surface area contributed by atoms with Crippen molar-refractivity contribution in [1.82, 2.24) is 0 Å². The van der Waals surface area contributed by atoms with Crippen LogP contribution in [0.3, 0.4) is 0 Å². The first-order valence-corrected chi connectivity index (χ1v) is 9.82. The number of carboxylic acids is 2. The second-order valence-corrected chi connectivity index (χ2v) is 6.34. The maximum atomic E-state index is 11.0. The number of esters is 2. The molecule has 0 radical (unpaired) electrons. The Morgan fingerprint density at radius 1 is 0.719 bits per heavy atom. The lowest BCUT2D eigenvalue weighted by atomic mass is 10.0. The third-order valence-electron chi connectivity index (χ3n) is 3.74. The number of hydrogen-bond donors (Lipinski definition) is 2. The van der Waals surface area contributed by atoms with E-state index in [2.05, 4.69) is 74.9 Å². The Morgan fingerprint density at radius 3 is 1.41 bits per heavy atom. The molecule has 0 unspecified atom stereocenters. The fourth-order valence-corrected chi connectivity index (χ4v) is 2.35. The van der Waals surface area contributed by atoms with Crippen LogP contribution in [0.5, 0.6) is 0 Å². The standard InChI is InChI=1S/C14H14.C9H12O9/c1-3-7-13(8-4-1)11-12-14-9-5-2-6-10-14;1-2-16-9(17-7(14)3-5(10)11)18-8(15)4-6(12)13/h1-10H,11-12H2;9H,2-4H2,1H3,(H,10,11)(H,12,13). The van der Waals surface area contributed by atoms with Crippen LogP contribution in [0.1, 0.15) is 30.9 Å². The lowest BCUT2D eigenvalue weighted by Gasteiger charge is -2.16. The molecule has 0 heterocycles. The van der Waals surface area contributed by atoms with Crippen molar-refractivity contribution in [2.45, 2.75) is 39.1 Å². The van der Waals surface area contributed by atoms with Crippen molar-refractivity contribution >= 4 is 23.9 Å². The van der Waals surface area contributed by atoms with E-state index in [1.54, 1.807) is 0 Å². The van der Waals surface area contributed by atoms with E-state index in [9.17, 15) is 19.2 Å². The van der Waals surface area contributed by atoms with Gasteiger partial charge in [-0.1, -0.05) is 60.7 Å². The van der Waals surface area contributed by atoms with E-state index in [-0.39, 0.29) is 6.61 Å². The second-order valence-electron chi connectivity index (χ2n) is 6.34. The van der Waals surface area contributed by atoms with E-state index in [0.717, 1.165) is 12.8 Å². The van der Waals surface area contributed by atoms with E-state index in [1.165, 1.54) is 18.1 Å². The molecule has 9 heteroatoms. The van der Waals surface area contributed by atoms with Gasteiger partial charge in [0.25, 0.3) is 0 Å². The van der Waals surface area contributed by atoms with Gasteiger partial charge in [0.15, 0.2) is 0 Å². The van der Waals surface area contributed by atoms with Crippen LogP contribution in [0, 0.1) is 0 Å². The van der Waals surface area contributed by atoms with Crippen LogP contribution in [-0.2, 0) is 46.2 Å². The minimum absolute atomic E-state index is 0.00533. The number of aryl methyl sites for hydroxylation is 2. The lowest BCUT2D eigenvalue weighted by Crippen LogP contribution is -2.29. The molecule has 0 amide bonds. The van der Waals surface area contributed by atoms with Crippen molar-refractivity contribution in [2.24, 2.45) is 0 Å². The van der Waals surface area contributed by atoms with Gasteiger partial charge in [0.1, 0.15) is 12.8 Å². The molecule has 2 aromatic carbocycles. The Hall–Kier alpha value is -3.72. The van der Waals surface area contributed by atoms with Crippen LogP contribution in [0.15, 0.2) is 60.7 Å². The van der Waals surface area contributed by atoms with Crippen molar-refractivity contribution in [3.05, 3.63) is 71.8 Å². The zero-order chi connectivity index (χ0) is 23.8. The lowest BCUT2D eigenvalue weighted by molar-refractivity contribution is -0.264. The average Bonchev–Trinajstić information content (AvgIpc) is 2.73. The Labute approximate surface area is 185 Å². The summed E-state index contributed by atoms with van der Waals surface area (Å²) in [6.07, 6.45) is 0.399. The Balaban J connectivity index is 0.000000328. The van der Waals surface area contributed by atoms with Crippen LogP contribution in [0.25, 0.3) is 0 Å². The van der Waals surface area contributed by atoms with Gasteiger partial charge in [-0.3, -0.25) is 19.2 Å². The average molecular weight is 446 g/mol. The highest BCUT2D eigenvalue weighted by atomic mass is 16.9. The summed E-state index contributed by atoms with van der Waals surface area (Å²) in [4.78, 5) is 42.3. The van der Waals surface area contributed by atoms with E-state index >= 15 is 0 Å². The highest BCUT2D eigenvalue weighted by Gasteiger charge is 2.22. The summed E-state index contributed by atoms with van der Waals surface area (Å²) in [5.41, 5.74) is 2.83. The fourth-order valence-electron chi connectivity index (χ4n) is 2.35. The van der Waals surface area contributed by atoms with Crippen LogP contribution in [0.2, 0.25) is 0 Å². The van der Waals surface area contributed by atoms with E-state index in [4.69, 9.17) is 10.2 Å². The zero-order valence-electron chi connectivity index (χ0n) is 17.6. The van der Waals surface area contributed by atoms with Gasteiger partial charge in [-0.25, -0.2) is 0 Å². The molecule has 172 valence electrons. The maximum absolute atomic E-state index is 11.0. The molecule has 0 saturated heterocycles. The minimum atomic E-state index is -1.76. The quantitative estimate of drug-likeness (QED) is 0.303. The largest absolute Gasteiger partial charge is 0.481 e. The van der Waals surface area contributed by atoms with Crippen molar-refractivity contribution < 1.29 is 43.6 Å². The molecule has 2 rings (SSSR count). The topological polar surface area (TPSA) is 136 Å². The van der Waals surface area contributed by atoms with Crippen LogP contribution < -0.4 is 0 Å². The minimum Gasteiger partial charge on any atom is -0.481 e. The first-order valence-electron chi connectivity index (χ1n) is 9.82. The number of ether oxygens (including phenoxy) is 3. The van der Waals surface area contributed by atoms with Gasteiger partial charge in [0.05, 0.1) is 6.61 Å². The molecule has 0 fully saturated rings. The van der Waals surface area contributed by atoms with Gasteiger partial charge in [-0.15, -0.1) is 0 Å². The summed E-state index contributed by atoms with van der Waals surface area (Å²) in [6, 6.07) is 21.2. The van der Waals surface area contributed by atoms with Gasteiger partial charge >= 0.3 is 30.4 Å². The third kappa shape index (κ3) is 12.8. The molecule has 0 bridgehead atoms. The fraction of sp³-hybridized carbons (Fsp3) is 0.304. The van der Waals surface area contributed by atoms with Gasteiger partial charge < -0.3 is 24.4 Å². The summed E-state index contributed by atoms with van der Waals surface area (Å²) in [5.74, 6) is -5.20. The molecular formula is C23H26O9. The molecule has 9 nitrogen and oxygen atoms in total. The normalized spacial score (nSPS) is 9.94. The molecule has 32 heavy (non-hydrogen) atoms. The highest BCUT2D eigenvalue weighted by molar-refractivity contribution is 5.91. The number of carbonyl (C=O) groups is 4. The molecule has 0 aliphatic carbocycles. The highest BCUT2D eigenvalue weighted by Crippen LogP contribution is 2.06. The zero-order valence-corrected chi connectivity index (χ0v) is 17.6. The molecule has 0 atom stereocenters. The second kappa shape index (κ2) is 15.1. The summed E-state index contributed by atoms with van der Waals surface area (Å²) >= 11 is 0. The van der Waals surface area contributed by atoms with Crippen molar-refractivity contribution in [3.63, 3.8) is 0 Å². The molecule has 0 aliphatic heterocycles. The SMILES string of the molecule is CCOC(OC(=O)CC(=O)O)OC(=O)CC(=O)O.c1ccc(CCc2ccccc2)cc1. The molecule has 0 aromatic heterocycles. The number of hydrogen-bond acceptors (Lipinski definition) is 7. The monoisotopic (exact) mass is 446 g/mol. The van der Waals surface area contributed by atoms with Crippen molar-refractivity contribution in [1.29, 1.82) is 0 Å². The van der Waals surface area contributed by atoms with Crippen LogP contribution in [0.4, 0.5) is 0 Å². The third-order valence-corrected chi connectivity index (χ3v) is 3.74. The van der Waals surface area contributed by atoms with Gasteiger partial charge in [-0.05, 0) is 30.9 Å². The molecular weight excluding hydrogens is 420 g/mol. The number of carbonyl (C=O) groups excluding carboxylic acids is 2. The maximum Gasteiger partial charge on any atom is 0.365 e. The van der Waals surface area contributed by atoms with E-state index in [1.807, 2.05) is 0 Å². The first kappa shape index (κ1) is 26.3. The predicted molar refractivity (Wildman–Crippen MR) is 112 cm³/mol. The molecule has 0 saturated carbocycles.